The topological polar surface area (TPSA) is 12.0 Å². The summed E-state index contributed by atoms with van der Waals surface area (Å²) in [5, 5.41) is 3.28. The van der Waals surface area contributed by atoms with Gasteiger partial charge in [0.1, 0.15) is 5.82 Å². The molecule has 0 saturated heterocycles. The molecule has 0 unspecified atom stereocenters. The molecular formula is C16H18FN. The maximum Gasteiger partial charge on any atom is 0.126 e. The molecule has 0 aliphatic rings. The van der Waals surface area contributed by atoms with E-state index < -0.39 is 0 Å². The molecule has 2 aromatic carbocycles. The molecule has 0 aliphatic heterocycles. The molecule has 0 heterocycles. The molecule has 2 rings (SSSR count). The van der Waals surface area contributed by atoms with Crippen molar-refractivity contribution in [2.24, 2.45) is 0 Å². The van der Waals surface area contributed by atoms with Crippen LogP contribution < -0.4 is 5.32 Å². The molecule has 0 radical (unpaired) electrons. The van der Waals surface area contributed by atoms with E-state index in [2.05, 4.69) is 24.4 Å². The Morgan fingerprint density at radius 1 is 1.00 bits per heavy atom. The lowest BCUT2D eigenvalue weighted by Gasteiger charge is -2.06. The van der Waals surface area contributed by atoms with E-state index in [4.69, 9.17) is 0 Å². The van der Waals surface area contributed by atoms with Crippen molar-refractivity contribution in [3.05, 3.63) is 59.4 Å². The summed E-state index contributed by atoms with van der Waals surface area (Å²) in [7, 11) is 0. The van der Waals surface area contributed by atoms with Gasteiger partial charge in [-0.25, -0.2) is 4.39 Å². The first-order valence-corrected chi connectivity index (χ1v) is 6.27. The monoisotopic (exact) mass is 243 g/mol. The zero-order valence-corrected chi connectivity index (χ0v) is 10.8. The SMILES string of the molecule is CCNCc1ccc(-c2ccc(C)c(F)c2)cc1. The van der Waals surface area contributed by atoms with E-state index in [0.29, 0.717) is 5.56 Å². The van der Waals surface area contributed by atoms with E-state index in [9.17, 15) is 4.39 Å². The second-order valence-corrected chi connectivity index (χ2v) is 4.44. The molecule has 0 aromatic heterocycles. The zero-order chi connectivity index (χ0) is 13.0. The number of nitrogens with one attached hydrogen (secondary N) is 1. The zero-order valence-electron chi connectivity index (χ0n) is 10.8. The lowest BCUT2D eigenvalue weighted by Crippen LogP contribution is -2.11. The molecule has 1 nitrogen and oxygen atoms in total. The van der Waals surface area contributed by atoms with Gasteiger partial charge in [0.25, 0.3) is 0 Å². The molecule has 94 valence electrons. The smallest absolute Gasteiger partial charge is 0.126 e. The van der Waals surface area contributed by atoms with Crippen molar-refractivity contribution < 1.29 is 4.39 Å². The Labute approximate surface area is 108 Å². The maximum atomic E-state index is 13.5. The van der Waals surface area contributed by atoms with Crippen molar-refractivity contribution in [2.75, 3.05) is 6.54 Å². The quantitative estimate of drug-likeness (QED) is 0.858. The molecule has 0 bridgehead atoms. The van der Waals surface area contributed by atoms with Crippen LogP contribution in [0.25, 0.3) is 11.1 Å². The minimum atomic E-state index is -0.149. The third kappa shape index (κ3) is 2.96. The van der Waals surface area contributed by atoms with Crippen LogP contribution in [0.1, 0.15) is 18.1 Å². The van der Waals surface area contributed by atoms with Crippen molar-refractivity contribution in [2.45, 2.75) is 20.4 Å². The van der Waals surface area contributed by atoms with E-state index in [1.54, 1.807) is 13.0 Å². The van der Waals surface area contributed by atoms with Crippen LogP contribution in [0.5, 0.6) is 0 Å². The van der Waals surface area contributed by atoms with E-state index in [-0.39, 0.29) is 5.82 Å². The molecule has 2 heteroatoms. The number of hydrogen-bond acceptors (Lipinski definition) is 1. The summed E-state index contributed by atoms with van der Waals surface area (Å²) in [4.78, 5) is 0. The first kappa shape index (κ1) is 12.8. The molecule has 0 amide bonds. The average Bonchev–Trinajstić information content (AvgIpc) is 2.40. The normalized spacial score (nSPS) is 10.6. The molecule has 0 spiro atoms. The minimum absolute atomic E-state index is 0.149. The Kier molecular flexibility index (Phi) is 4.11. The van der Waals surface area contributed by atoms with Crippen LogP contribution in [0.2, 0.25) is 0 Å². The van der Waals surface area contributed by atoms with Gasteiger partial charge in [-0.15, -0.1) is 0 Å². The number of rotatable bonds is 4. The molecular weight excluding hydrogens is 225 g/mol. The van der Waals surface area contributed by atoms with Gasteiger partial charge in [0.2, 0.25) is 0 Å². The lowest BCUT2D eigenvalue weighted by atomic mass is 10.0. The third-order valence-electron chi connectivity index (χ3n) is 3.04. The predicted molar refractivity (Wildman–Crippen MR) is 74.0 cm³/mol. The molecule has 0 fully saturated rings. The van der Waals surface area contributed by atoms with Crippen molar-refractivity contribution in [3.8, 4) is 11.1 Å². The number of aryl methyl sites for hydroxylation is 1. The van der Waals surface area contributed by atoms with Crippen LogP contribution >= 0.6 is 0 Å². The summed E-state index contributed by atoms with van der Waals surface area (Å²) in [6.45, 7) is 5.70. The number of hydrogen-bond donors (Lipinski definition) is 1. The van der Waals surface area contributed by atoms with E-state index in [0.717, 1.165) is 24.2 Å². The number of benzene rings is 2. The fraction of sp³-hybridized carbons (Fsp3) is 0.250. The fourth-order valence-corrected chi connectivity index (χ4v) is 1.86. The van der Waals surface area contributed by atoms with E-state index in [1.165, 1.54) is 5.56 Å². The average molecular weight is 243 g/mol. The van der Waals surface area contributed by atoms with Crippen molar-refractivity contribution in [1.82, 2.24) is 5.32 Å². The van der Waals surface area contributed by atoms with Crippen LogP contribution in [0.4, 0.5) is 4.39 Å². The van der Waals surface area contributed by atoms with Crippen LogP contribution in [-0.4, -0.2) is 6.54 Å². The van der Waals surface area contributed by atoms with Crippen LogP contribution in [0, 0.1) is 12.7 Å². The second-order valence-electron chi connectivity index (χ2n) is 4.44. The summed E-state index contributed by atoms with van der Waals surface area (Å²) >= 11 is 0. The molecule has 1 N–H and O–H groups in total. The molecule has 0 atom stereocenters. The predicted octanol–water partition coefficient (Wildman–Crippen LogP) is 3.91. The first-order valence-electron chi connectivity index (χ1n) is 6.27. The largest absolute Gasteiger partial charge is 0.313 e. The fourth-order valence-electron chi connectivity index (χ4n) is 1.86. The van der Waals surface area contributed by atoms with Crippen LogP contribution in [0.3, 0.4) is 0 Å². The Morgan fingerprint density at radius 3 is 2.28 bits per heavy atom. The minimum Gasteiger partial charge on any atom is -0.313 e. The number of halogens is 1. The molecule has 18 heavy (non-hydrogen) atoms. The van der Waals surface area contributed by atoms with Crippen LogP contribution in [0.15, 0.2) is 42.5 Å². The highest BCUT2D eigenvalue weighted by Gasteiger charge is 2.02. The van der Waals surface area contributed by atoms with Gasteiger partial charge in [-0.05, 0) is 41.8 Å². The molecule has 0 saturated carbocycles. The Hall–Kier alpha value is -1.67. The molecule has 0 aliphatic carbocycles. The van der Waals surface area contributed by atoms with Gasteiger partial charge < -0.3 is 5.32 Å². The van der Waals surface area contributed by atoms with Crippen LogP contribution in [-0.2, 0) is 6.54 Å². The van der Waals surface area contributed by atoms with Gasteiger partial charge in [-0.3, -0.25) is 0 Å². The van der Waals surface area contributed by atoms with Crippen molar-refractivity contribution in [3.63, 3.8) is 0 Å². The van der Waals surface area contributed by atoms with Gasteiger partial charge in [0, 0.05) is 6.54 Å². The summed E-state index contributed by atoms with van der Waals surface area (Å²) in [5.41, 5.74) is 3.90. The summed E-state index contributed by atoms with van der Waals surface area (Å²) < 4.78 is 13.5. The lowest BCUT2D eigenvalue weighted by molar-refractivity contribution is 0.619. The Morgan fingerprint density at radius 2 is 1.67 bits per heavy atom. The van der Waals surface area contributed by atoms with E-state index >= 15 is 0 Å². The van der Waals surface area contributed by atoms with Gasteiger partial charge in [-0.2, -0.15) is 0 Å². The highest BCUT2D eigenvalue weighted by atomic mass is 19.1. The van der Waals surface area contributed by atoms with E-state index in [1.807, 2.05) is 24.3 Å². The standard InChI is InChI=1S/C16H18FN/c1-3-18-11-13-5-8-14(9-6-13)15-7-4-12(2)16(17)10-15/h4-10,18H,3,11H2,1-2H3. The highest BCUT2D eigenvalue weighted by Crippen LogP contribution is 2.22. The Balaban J connectivity index is 2.20. The van der Waals surface area contributed by atoms with Gasteiger partial charge in [0.05, 0.1) is 0 Å². The maximum absolute atomic E-state index is 13.5. The van der Waals surface area contributed by atoms with Crippen molar-refractivity contribution in [1.29, 1.82) is 0 Å². The summed E-state index contributed by atoms with van der Waals surface area (Å²) in [6, 6.07) is 13.6. The Bertz CT molecular complexity index is 517. The summed E-state index contributed by atoms with van der Waals surface area (Å²) in [5.74, 6) is -0.149. The first-order chi connectivity index (χ1) is 8.70. The van der Waals surface area contributed by atoms with Gasteiger partial charge in [0.15, 0.2) is 0 Å². The van der Waals surface area contributed by atoms with Gasteiger partial charge >= 0.3 is 0 Å². The third-order valence-corrected chi connectivity index (χ3v) is 3.04. The highest BCUT2D eigenvalue weighted by molar-refractivity contribution is 5.64. The molecule has 2 aromatic rings. The second kappa shape index (κ2) is 5.78. The van der Waals surface area contributed by atoms with Crippen molar-refractivity contribution >= 4 is 0 Å². The van der Waals surface area contributed by atoms with Gasteiger partial charge in [-0.1, -0.05) is 43.3 Å². The summed E-state index contributed by atoms with van der Waals surface area (Å²) in [6.07, 6.45) is 0.